The third kappa shape index (κ3) is 3.62. The number of hydrogen-bond acceptors (Lipinski definition) is 5. The quantitative estimate of drug-likeness (QED) is 0.612. The van der Waals surface area contributed by atoms with Gasteiger partial charge in [-0.2, -0.15) is 4.39 Å². The molecule has 6 nitrogen and oxygen atoms in total. The molecule has 0 aromatic heterocycles. The molecule has 1 aliphatic heterocycles. The van der Waals surface area contributed by atoms with Crippen molar-refractivity contribution in [3.05, 3.63) is 34.1 Å². The molecule has 0 bridgehead atoms. The summed E-state index contributed by atoms with van der Waals surface area (Å²) < 4.78 is 24.3. The Labute approximate surface area is 109 Å². The molecule has 19 heavy (non-hydrogen) atoms. The second-order valence-electron chi connectivity index (χ2n) is 4.44. The van der Waals surface area contributed by atoms with Crippen molar-refractivity contribution in [3.8, 4) is 5.75 Å². The van der Waals surface area contributed by atoms with Gasteiger partial charge in [0.2, 0.25) is 5.82 Å². The van der Waals surface area contributed by atoms with Crippen molar-refractivity contribution in [2.75, 3.05) is 33.4 Å². The number of nitro benzene ring substituents is 1. The number of nitro groups is 1. The summed E-state index contributed by atoms with van der Waals surface area (Å²) in [7, 11) is 1.99. The predicted octanol–water partition coefficient (Wildman–Crippen LogP) is 1.44. The van der Waals surface area contributed by atoms with E-state index in [0.29, 0.717) is 13.2 Å². The van der Waals surface area contributed by atoms with Crippen molar-refractivity contribution in [1.29, 1.82) is 0 Å². The highest BCUT2D eigenvalue weighted by atomic mass is 19.1. The van der Waals surface area contributed by atoms with Gasteiger partial charge in [-0.3, -0.25) is 10.1 Å². The Balaban J connectivity index is 1.92. The molecule has 7 heteroatoms. The third-order valence-corrected chi connectivity index (χ3v) is 2.89. The molecule has 0 amide bonds. The summed E-state index contributed by atoms with van der Waals surface area (Å²) in [6.07, 6.45) is -0.0722. The first-order valence-corrected chi connectivity index (χ1v) is 5.93. The average Bonchev–Trinajstić information content (AvgIpc) is 2.36. The second kappa shape index (κ2) is 5.94. The zero-order valence-electron chi connectivity index (χ0n) is 10.5. The maximum atomic E-state index is 13.4. The Hall–Kier alpha value is -1.73. The fraction of sp³-hybridized carbons (Fsp3) is 0.500. The van der Waals surface area contributed by atoms with Crippen LogP contribution in [-0.2, 0) is 4.74 Å². The van der Waals surface area contributed by atoms with Crippen molar-refractivity contribution in [2.24, 2.45) is 0 Å². The molecule has 1 unspecified atom stereocenters. The van der Waals surface area contributed by atoms with E-state index in [9.17, 15) is 14.5 Å². The molecule has 1 heterocycles. The highest BCUT2D eigenvalue weighted by molar-refractivity contribution is 5.37. The van der Waals surface area contributed by atoms with Crippen molar-refractivity contribution < 1.29 is 18.8 Å². The summed E-state index contributed by atoms with van der Waals surface area (Å²) in [6, 6.07) is 3.50. The van der Waals surface area contributed by atoms with Crippen LogP contribution < -0.4 is 4.74 Å². The zero-order chi connectivity index (χ0) is 13.8. The lowest BCUT2D eigenvalue weighted by Crippen LogP contribution is -2.42. The van der Waals surface area contributed by atoms with Crippen LogP contribution in [0.2, 0.25) is 0 Å². The van der Waals surface area contributed by atoms with Gasteiger partial charge in [-0.1, -0.05) is 0 Å². The van der Waals surface area contributed by atoms with E-state index < -0.39 is 16.4 Å². The minimum atomic E-state index is -0.899. The minimum absolute atomic E-state index is 0.0722. The summed E-state index contributed by atoms with van der Waals surface area (Å²) in [4.78, 5) is 11.8. The largest absolute Gasteiger partial charge is 0.491 e. The van der Waals surface area contributed by atoms with E-state index in [2.05, 4.69) is 4.90 Å². The fourth-order valence-electron chi connectivity index (χ4n) is 1.88. The summed E-state index contributed by atoms with van der Waals surface area (Å²) >= 11 is 0. The predicted molar refractivity (Wildman–Crippen MR) is 65.8 cm³/mol. The molecule has 0 saturated carbocycles. The van der Waals surface area contributed by atoms with E-state index in [4.69, 9.17) is 9.47 Å². The minimum Gasteiger partial charge on any atom is -0.491 e. The Morgan fingerprint density at radius 2 is 2.42 bits per heavy atom. The molecular weight excluding hydrogens is 255 g/mol. The zero-order valence-corrected chi connectivity index (χ0v) is 10.5. The van der Waals surface area contributed by atoms with Gasteiger partial charge in [0.05, 0.1) is 11.5 Å². The van der Waals surface area contributed by atoms with Crippen LogP contribution in [0.15, 0.2) is 18.2 Å². The summed E-state index contributed by atoms with van der Waals surface area (Å²) in [5.41, 5.74) is -0.555. The number of ether oxygens (including phenoxy) is 2. The van der Waals surface area contributed by atoms with Gasteiger partial charge >= 0.3 is 5.69 Å². The van der Waals surface area contributed by atoms with Crippen LogP contribution in [0.25, 0.3) is 0 Å². The van der Waals surface area contributed by atoms with Crippen LogP contribution in [0.3, 0.4) is 0 Å². The number of likely N-dealkylation sites (N-methyl/N-ethyl adjacent to an activating group) is 1. The molecule has 0 aliphatic carbocycles. The third-order valence-electron chi connectivity index (χ3n) is 2.89. The van der Waals surface area contributed by atoms with E-state index in [1.165, 1.54) is 6.07 Å². The Morgan fingerprint density at radius 1 is 1.63 bits per heavy atom. The first-order chi connectivity index (χ1) is 9.06. The fourth-order valence-corrected chi connectivity index (χ4v) is 1.88. The van der Waals surface area contributed by atoms with Gasteiger partial charge in [0.1, 0.15) is 18.5 Å². The lowest BCUT2D eigenvalue weighted by Gasteiger charge is -2.29. The summed E-state index contributed by atoms with van der Waals surface area (Å²) in [5.74, 6) is -0.635. The number of rotatable bonds is 4. The van der Waals surface area contributed by atoms with Crippen molar-refractivity contribution in [2.45, 2.75) is 6.10 Å². The van der Waals surface area contributed by atoms with Gasteiger partial charge in [0.25, 0.3) is 0 Å². The van der Waals surface area contributed by atoms with Gasteiger partial charge in [-0.05, 0) is 13.1 Å². The summed E-state index contributed by atoms with van der Waals surface area (Å²) in [6.45, 7) is 2.55. The van der Waals surface area contributed by atoms with E-state index in [0.717, 1.165) is 25.2 Å². The highest BCUT2D eigenvalue weighted by Crippen LogP contribution is 2.22. The molecule has 1 aliphatic rings. The first-order valence-electron chi connectivity index (χ1n) is 5.93. The smallest absolute Gasteiger partial charge is 0.305 e. The normalized spacial score (nSPS) is 20.2. The van der Waals surface area contributed by atoms with Crippen LogP contribution in [0.1, 0.15) is 0 Å². The number of morpholine rings is 1. The molecule has 1 saturated heterocycles. The topological polar surface area (TPSA) is 64.8 Å². The van der Waals surface area contributed by atoms with E-state index in [-0.39, 0.29) is 11.9 Å². The van der Waals surface area contributed by atoms with Gasteiger partial charge in [-0.15, -0.1) is 0 Å². The molecule has 0 N–H and O–H groups in total. The van der Waals surface area contributed by atoms with Crippen LogP contribution >= 0.6 is 0 Å². The van der Waals surface area contributed by atoms with Gasteiger partial charge < -0.3 is 14.4 Å². The van der Waals surface area contributed by atoms with E-state index >= 15 is 0 Å². The lowest BCUT2D eigenvalue weighted by atomic mass is 10.3. The van der Waals surface area contributed by atoms with Gasteiger partial charge in [0.15, 0.2) is 0 Å². The van der Waals surface area contributed by atoms with Crippen molar-refractivity contribution in [1.82, 2.24) is 4.90 Å². The number of hydrogen-bond donors (Lipinski definition) is 0. The molecule has 1 atom stereocenters. The first kappa shape index (κ1) is 13.7. The molecule has 1 aromatic rings. The van der Waals surface area contributed by atoms with Crippen molar-refractivity contribution in [3.63, 3.8) is 0 Å². The van der Waals surface area contributed by atoms with Gasteiger partial charge in [0, 0.05) is 25.2 Å². The second-order valence-corrected chi connectivity index (χ2v) is 4.44. The van der Waals surface area contributed by atoms with Crippen LogP contribution in [0.4, 0.5) is 10.1 Å². The maximum absolute atomic E-state index is 13.4. The number of benzene rings is 1. The SMILES string of the molecule is CN1CCOC(COc2ccc([N+](=O)[O-])c(F)c2)C1. The van der Waals surface area contributed by atoms with Crippen molar-refractivity contribution >= 4 is 5.69 Å². The molecule has 2 rings (SSSR count). The molecule has 1 aromatic carbocycles. The highest BCUT2D eigenvalue weighted by Gasteiger charge is 2.19. The number of nitrogens with zero attached hydrogens (tertiary/aromatic N) is 2. The lowest BCUT2D eigenvalue weighted by molar-refractivity contribution is -0.387. The number of halogens is 1. The molecule has 1 fully saturated rings. The maximum Gasteiger partial charge on any atom is 0.305 e. The van der Waals surface area contributed by atoms with E-state index in [1.807, 2.05) is 7.05 Å². The average molecular weight is 270 g/mol. The van der Waals surface area contributed by atoms with E-state index in [1.54, 1.807) is 0 Å². The van der Waals surface area contributed by atoms with Gasteiger partial charge in [-0.25, -0.2) is 0 Å². The Kier molecular flexibility index (Phi) is 4.28. The standard InChI is InChI=1S/C12H15FN2O4/c1-14-4-5-18-10(7-14)8-19-9-2-3-12(15(16)17)11(13)6-9/h2-3,6,10H,4-5,7-8H2,1H3. The van der Waals surface area contributed by atoms with Crippen LogP contribution in [0.5, 0.6) is 5.75 Å². The molecular formula is C12H15FN2O4. The Bertz CT molecular complexity index is 469. The molecule has 0 spiro atoms. The Morgan fingerprint density at radius 3 is 3.05 bits per heavy atom. The molecule has 0 radical (unpaired) electrons. The van der Waals surface area contributed by atoms with Crippen LogP contribution in [-0.4, -0.2) is 49.3 Å². The molecule has 104 valence electrons. The van der Waals surface area contributed by atoms with Crippen LogP contribution in [0, 0.1) is 15.9 Å². The monoisotopic (exact) mass is 270 g/mol. The summed E-state index contributed by atoms with van der Waals surface area (Å²) in [5, 5.41) is 10.5.